The van der Waals surface area contributed by atoms with Crippen LogP contribution in [0.15, 0.2) is 28.9 Å². The lowest BCUT2D eigenvalue weighted by atomic mass is 10.3. The predicted octanol–water partition coefficient (Wildman–Crippen LogP) is 2.70. The van der Waals surface area contributed by atoms with Crippen molar-refractivity contribution >= 4 is 27.5 Å². The lowest BCUT2D eigenvalue weighted by Gasteiger charge is -2.05. The Labute approximate surface area is 103 Å². The molecule has 0 saturated carbocycles. The summed E-state index contributed by atoms with van der Waals surface area (Å²) in [6.45, 7) is 0. The summed E-state index contributed by atoms with van der Waals surface area (Å²) in [4.78, 5) is 11.7. The number of H-pyrrole nitrogens is 1. The molecule has 2 rings (SSSR count). The number of halogens is 3. The highest BCUT2D eigenvalue weighted by atomic mass is 79.9. The molecule has 0 aliphatic rings. The molecule has 4 nitrogen and oxygen atoms in total. The van der Waals surface area contributed by atoms with Crippen molar-refractivity contribution in [2.75, 3.05) is 5.32 Å². The van der Waals surface area contributed by atoms with Crippen molar-refractivity contribution in [1.29, 1.82) is 0 Å². The van der Waals surface area contributed by atoms with E-state index in [1.807, 2.05) is 0 Å². The number of hydrogen-bond acceptors (Lipinski definition) is 2. The molecular formula is C10H6BrF2N3O. The van der Waals surface area contributed by atoms with Gasteiger partial charge in [-0.2, -0.15) is 5.10 Å². The number of aromatic nitrogens is 2. The van der Waals surface area contributed by atoms with Crippen LogP contribution in [0.2, 0.25) is 0 Å². The molecule has 0 atom stereocenters. The molecule has 2 N–H and O–H groups in total. The van der Waals surface area contributed by atoms with E-state index in [0.717, 1.165) is 18.2 Å². The molecular weight excluding hydrogens is 296 g/mol. The van der Waals surface area contributed by atoms with E-state index in [4.69, 9.17) is 0 Å². The lowest BCUT2D eigenvalue weighted by Crippen LogP contribution is -2.14. The molecule has 0 aliphatic carbocycles. The van der Waals surface area contributed by atoms with Crippen molar-refractivity contribution in [1.82, 2.24) is 10.2 Å². The molecule has 0 radical (unpaired) electrons. The standard InChI is InChI=1S/C10H6BrF2N3O/c11-6-4-14-16-9(6)10(17)15-8-3-5(12)1-2-7(8)13/h1-4H,(H,14,16)(H,15,17). The number of rotatable bonds is 2. The van der Waals surface area contributed by atoms with E-state index >= 15 is 0 Å². The molecule has 2 aromatic rings. The molecule has 1 aromatic heterocycles. The highest BCUT2D eigenvalue weighted by Gasteiger charge is 2.14. The summed E-state index contributed by atoms with van der Waals surface area (Å²) in [7, 11) is 0. The maximum Gasteiger partial charge on any atom is 0.274 e. The average molecular weight is 302 g/mol. The summed E-state index contributed by atoms with van der Waals surface area (Å²) in [5.74, 6) is -1.96. The van der Waals surface area contributed by atoms with Crippen molar-refractivity contribution in [3.8, 4) is 0 Å². The van der Waals surface area contributed by atoms with E-state index in [-0.39, 0.29) is 11.4 Å². The van der Waals surface area contributed by atoms with Gasteiger partial charge in [0.05, 0.1) is 16.4 Å². The number of carbonyl (C=O) groups excluding carboxylic acids is 1. The zero-order chi connectivity index (χ0) is 12.4. The maximum absolute atomic E-state index is 13.3. The fraction of sp³-hybridized carbons (Fsp3) is 0. The van der Waals surface area contributed by atoms with Gasteiger partial charge < -0.3 is 5.32 Å². The molecule has 0 aliphatic heterocycles. The van der Waals surface area contributed by atoms with Crippen molar-refractivity contribution in [3.05, 3.63) is 46.2 Å². The topological polar surface area (TPSA) is 57.8 Å². The highest BCUT2D eigenvalue weighted by Crippen LogP contribution is 2.18. The van der Waals surface area contributed by atoms with Crippen molar-refractivity contribution in [2.45, 2.75) is 0 Å². The zero-order valence-electron chi connectivity index (χ0n) is 8.30. The minimum Gasteiger partial charge on any atom is -0.318 e. The Kier molecular flexibility index (Phi) is 3.19. The molecule has 0 bridgehead atoms. The molecule has 1 amide bonds. The Bertz CT molecular complexity index is 570. The molecule has 88 valence electrons. The molecule has 0 unspecified atom stereocenters. The van der Waals surface area contributed by atoms with Crippen LogP contribution in [0.5, 0.6) is 0 Å². The van der Waals surface area contributed by atoms with Gasteiger partial charge in [-0.25, -0.2) is 8.78 Å². The van der Waals surface area contributed by atoms with E-state index in [9.17, 15) is 13.6 Å². The first-order chi connectivity index (χ1) is 8.08. The number of hydrogen-bond donors (Lipinski definition) is 2. The number of nitrogens with one attached hydrogen (secondary N) is 2. The van der Waals surface area contributed by atoms with Gasteiger partial charge in [0.15, 0.2) is 0 Å². The van der Waals surface area contributed by atoms with Gasteiger partial charge >= 0.3 is 0 Å². The number of amides is 1. The van der Waals surface area contributed by atoms with E-state index in [0.29, 0.717) is 4.47 Å². The predicted molar refractivity (Wildman–Crippen MR) is 60.6 cm³/mol. The zero-order valence-corrected chi connectivity index (χ0v) is 9.88. The minimum absolute atomic E-state index is 0.133. The fourth-order valence-electron chi connectivity index (χ4n) is 1.21. The second-order valence-corrected chi connectivity index (χ2v) is 4.03. The van der Waals surface area contributed by atoms with E-state index in [2.05, 4.69) is 31.4 Å². The van der Waals surface area contributed by atoms with Crippen molar-refractivity contribution in [3.63, 3.8) is 0 Å². The van der Waals surface area contributed by atoms with Gasteiger partial charge in [0.2, 0.25) is 0 Å². The van der Waals surface area contributed by atoms with Gasteiger partial charge in [-0.15, -0.1) is 0 Å². The van der Waals surface area contributed by atoms with E-state index < -0.39 is 17.5 Å². The Balaban J connectivity index is 2.24. The molecule has 0 spiro atoms. The lowest BCUT2D eigenvalue weighted by molar-refractivity contribution is 0.102. The second-order valence-electron chi connectivity index (χ2n) is 3.17. The van der Waals surface area contributed by atoms with Crippen LogP contribution >= 0.6 is 15.9 Å². The number of benzene rings is 1. The van der Waals surface area contributed by atoms with Crippen LogP contribution in [0.3, 0.4) is 0 Å². The molecule has 0 fully saturated rings. The number of aromatic amines is 1. The summed E-state index contributed by atoms with van der Waals surface area (Å²) in [5, 5.41) is 8.30. The summed E-state index contributed by atoms with van der Waals surface area (Å²) in [6.07, 6.45) is 1.39. The molecule has 17 heavy (non-hydrogen) atoms. The Morgan fingerprint density at radius 3 is 2.82 bits per heavy atom. The second kappa shape index (κ2) is 4.62. The highest BCUT2D eigenvalue weighted by molar-refractivity contribution is 9.10. The smallest absolute Gasteiger partial charge is 0.274 e. The Morgan fingerprint density at radius 1 is 1.41 bits per heavy atom. The quantitative estimate of drug-likeness (QED) is 0.896. The first-order valence-electron chi connectivity index (χ1n) is 4.53. The molecule has 0 saturated heterocycles. The SMILES string of the molecule is O=C(Nc1cc(F)ccc1F)c1[nH]ncc1Br. The minimum atomic E-state index is -0.713. The van der Waals surface area contributed by atoms with Gasteiger partial charge in [0, 0.05) is 6.07 Å². The normalized spacial score (nSPS) is 10.3. The third kappa shape index (κ3) is 2.50. The van der Waals surface area contributed by atoms with Crippen LogP contribution in [0.25, 0.3) is 0 Å². The third-order valence-electron chi connectivity index (χ3n) is 2.00. The number of anilines is 1. The van der Waals surface area contributed by atoms with Crippen molar-refractivity contribution in [2.24, 2.45) is 0 Å². The Hall–Kier alpha value is -1.76. The van der Waals surface area contributed by atoms with E-state index in [1.165, 1.54) is 6.20 Å². The van der Waals surface area contributed by atoms with E-state index in [1.54, 1.807) is 0 Å². The third-order valence-corrected chi connectivity index (χ3v) is 2.60. The first kappa shape index (κ1) is 11.7. The van der Waals surface area contributed by atoms with Crippen molar-refractivity contribution < 1.29 is 13.6 Å². The van der Waals surface area contributed by atoms with Gasteiger partial charge in [0.1, 0.15) is 17.3 Å². The van der Waals surface area contributed by atoms with Crippen LogP contribution in [-0.2, 0) is 0 Å². The van der Waals surface area contributed by atoms with Gasteiger partial charge in [0.25, 0.3) is 5.91 Å². The van der Waals surface area contributed by atoms with Crippen LogP contribution in [0.4, 0.5) is 14.5 Å². The van der Waals surface area contributed by atoms with Crippen LogP contribution in [-0.4, -0.2) is 16.1 Å². The fourth-order valence-corrected chi connectivity index (χ4v) is 1.58. The maximum atomic E-state index is 13.3. The van der Waals surface area contributed by atoms with Gasteiger partial charge in [-0.3, -0.25) is 9.89 Å². The van der Waals surface area contributed by atoms with Gasteiger partial charge in [-0.1, -0.05) is 0 Å². The summed E-state index contributed by atoms with van der Waals surface area (Å²) >= 11 is 3.09. The van der Waals surface area contributed by atoms with Crippen LogP contribution in [0.1, 0.15) is 10.5 Å². The largest absolute Gasteiger partial charge is 0.318 e. The first-order valence-corrected chi connectivity index (χ1v) is 5.32. The number of carbonyl (C=O) groups is 1. The van der Waals surface area contributed by atoms with Crippen LogP contribution in [0, 0.1) is 11.6 Å². The monoisotopic (exact) mass is 301 g/mol. The van der Waals surface area contributed by atoms with Crippen LogP contribution < -0.4 is 5.32 Å². The average Bonchev–Trinajstić information content (AvgIpc) is 2.70. The Morgan fingerprint density at radius 2 is 2.18 bits per heavy atom. The molecule has 1 aromatic carbocycles. The summed E-state index contributed by atoms with van der Waals surface area (Å²) in [5.41, 5.74) is -0.0924. The summed E-state index contributed by atoms with van der Waals surface area (Å²) < 4.78 is 26.6. The number of nitrogens with zero attached hydrogens (tertiary/aromatic N) is 1. The molecule has 7 heteroatoms. The molecule has 1 heterocycles. The van der Waals surface area contributed by atoms with Gasteiger partial charge in [-0.05, 0) is 28.1 Å². The summed E-state index contributed by atoms with van der Waals surface area (Å²) in [6, 6.07) is 2.81.